The van der Waals surface area contributed by atoms with E-state index in [0.717, 1.165) is 47.5 Å². The van der Waals surface area contributed by atoms with E-state index in [4.69, 9.17) is 16.3 Å². The van der Waals surface area contributed by atoms with E-state index in [1.54, 1.807) is 21.5 Å². The summed E-state index contributed by atoms with van der Waals surface area (Å²) < 4.78 is 7.86. The zero-order chi connectivity index (χ0) is 25.8. The van der Waals surface area contributed by atoms with Crippen molar-refractivity contribution in [2.75, 3.05) is 38.7 Å². The van der Waals surface area contributed by atoms with Crippen LogP contribution in [0.15, 0.2) is 36.4 Å². The molecular formula is C28H30ClN5O3. The molecule has 1 atom stereocenters. The molecule has 0 unspecified atom stereocenters. The van der Waals surface area contributed by atoms with Gasteiger partial charge in [0.1, 0.15) is 23.6 Å². The van der Waals surface area contributed by atoms with Crippen LogP contribution >= 0.6 is 11.6 Å². The molecule has 2 aromatic carbocycles. The number of aryl methyl sites for hydroxylation is 1. The number of nitrogens with zero attached hydrogens (tertiary/aromatic N) is 5. The smallest absolute Gasteiger partial charge is 0.275 e. The Balaban J connectivity index is 1.28. The van der Waals surface area contributed by atoms with Gasteiger partial charge < -0.3 is 19.4 Å². The van der Waals surface area contributed by atoms with Crippen molar-refractivity contribution in [1.29, 1.82) is 0 Å². The number of halogens is 1. The van der Waals surface area contributed by atoms with Gasteiger partial charge in [0, 0.05) is 32.2 Å². The number of amides is 2. The molecule has 0 spiro atoms. The summed E-state index contributed by atoms with van der Waals surface area (Å²) in [6.07, 6.45) is 1.39. The van der Waals surface area contributed by atoms with Gasteiger partial charge in [0.2, 0.25) is 0 Å². The Hall–Kier alpha value is -3.36. The average Bonchev–Trinajstić information content (AvgIpc) is 3.13. The summed E-state index contributed by atoms with van der Waals surface area (Å²) >= 11 is 6.67. The number of hydrogen-bond acceptors (Lipinski definition) is 5. The zero-order valence-corrected chi connectivity index (χ0v) is 22.1. The lowest BCUT2D eigenvalue weighted by Crippen LogP contribution is -2.54. The molecule has 0 saturated carbocycles. The van der Waals surface area contributed by atoms with Gasteiger partial charge in [0.15, 0.2) is 5.69 Å². The molecule has 0 N–H and O–H groups in total. The normalized spacial score (nSPS) is 19.7. The third-order valence-corrected chi connectivity index (χ3v) is 8.14. The Bertz CT molecular complexity index is 1420. The highest BCUT2D eigenvalue weighted by Crippen LogP contribution is 2.39. The highest BCUT2D eigenvalue weighted by molar-refractivity contribution is 6.31. The Morgan fingerprint density at radius 1 is 1.08 bits per heavy atom. The molecule has 2 amide bonds. The van der Waals surface area contributed by atoms with Crippen LogP contribution < -0.4 is 9.64 Å². The largest absolute Gasteiger partial charge is 0.489 e. The third kappa shape index (κ3) is 4.08. The lowest BCUT2D eigenvalue weighted by atomic mass is 9.96. The molecule has 0 fully saturated rings. The van der Waals surface area contributed by atoms with Gasteiger partial charge in [0.25, 0.3) is 11.8 Å². The maximum Gasteiger partial charge on any atom is 0.275 e. The van der Waals surface area contributed by atoms with Crippen LogP contribution in [0, 0.1) is 6.92 Å². The van der Waals surface area contributed by atoms with Gasteiger partial charge in [-0.25, -0.2) is 4.68 Å². The molecule has 3 aromatic rings. The number of benzene rings is 2. The van der Waals surface area contributed by atoms with E-state index in [1.165, 1.54) is 5.56 Å². The van der Waals surface area contributed by atoms with E-state index in [2.05, 4.69) is 29.2 Å². The Kier molecular flexibility index (Phi) is 5.96. The lowest BCUT2D eigenvalue weighted by molar-refractivity contribution is -0.123. The quantitative estimate of drug-likeness (QED) is 0.531. The molecule has 0 bridgehead atoms. The molecule has 6 rings (SSSR count). The Labute approximate surface area is 221 Å². The predicted octanol–water partition coefficient (Wildman–Crippen LogP) is 3.30. The number of anilines is 1. The molecule has 3 aliphatic heterocycles. The topological polar surface area (TPSA) is 70.9 Å². The van der Waals surface area contributed by atoms with E-state index < -0.39 is 6.04 Å². The number of aromatic nitrogens is 2. The summed E-state index contributed by atoms with van der Waals surface area (Å²) in [5.74, 6) is 0.265. The molecule has 8 nitrogen and oxygen atoms in total. The van der Waals surface area contributed by atoms with Gasteiger partial charge >= 0.3 is 0 Å². The molecule has 0 saturated heterocycles. The van der Waals surface area contributed by atoms with Crippen molar-refractivity contribution >= 4 is 29.1 Å². The maximum absolute atomic E-state index is 13.8. The van der Waals surface area contributed by atoms with Crippen molar-refractivity contribution in [2.24, 2.45) is 0 Å². The van der Waals surface area contributed by atoms with Gasteiger partial charge in [-0.15, -0.1) is 0 Å². The SMILES string of the molecule is Cc1cccc(Cn2nc3c(c2Cl)CCN([C@H]2COc4ccc5c(c4N(C)C2=O)CCN(C)C5)C3=O)c1. The van der Waals surface area contributed by atoms with E-state index in [-0.39, 0.29) is 18.4 Å². The van der Waals surface area contributed by atoms with E-state index in [1.807, 2.05) is 31.2 Å². The highest BCUT2D eigenvalue weighted by atomic mass is 35.5. The minimum Gasteiger partial charge on any atom is -0.489 e. The summed E-state index contributed by atoms with van der Waals surface area (Å²) in [7, 11) is 3.88. The van der Waals surface area contributed by atoms with Crippen LogP contribution in [0.4, 0.5) is 5.69 Å². The molecule has 1 aromatic heterocycles. The first kappa shape index (κ1) is 24.0. The average molecular weight is 520 g/mol. The predicted molar refractivity (Wildman–Crippen MR) is 141 cm³/mol. The third-order valence-electron chi connectivity index (χ3n) is 7.71. The number of ether oxygens (including phenoxy) is 1. The van der Waals surface area contributed by atoms with Crippen LogP contribution in [0.3, 0.4) is 0 Å². The Morgan fingerprint density at radius 2 is 1.89 bits per heavy atom. The summed E-state index contributed by atoms with van der Waals surface area (Å²) in [5.41, 5.74) is 6.47. The van der Waals surface area contributed by atoms with Gasteiger partial charge in [-0.05, 0) is 49.6 Å². The summed E-state index contributed by atoms with van der Waals surface area (Å²) in [5, 5.41) is 5.08. The molecule has 192 valence electrons. The second kappa shape index (κ2) is 9.19. The number of carbonyl (C=O) groups is 2. The number of carbonyl (C=O) groups excluding carboxylic acids is 2. The van der Waals surface area contributed by atoms with Crippen LogP contribution in [0.2, 0.25) is 5.15 Å². The van der Waals surface area contributed by atoms with Crippen LogP contribution in [0.5, 0.6) is 5.75 Å². The number of rotatable bonds is 3. The second-order valence-corrected chi connectivity index (χ2v) is 10.6. The molecule has 37 heavy (non-hydrogen) atoms. The van der Waals surface area contributed by atoms with E-state index in [0.29, 0.717) is 36.1 Å². The van der Waals surface area contributed by atoms with Crippen LogP contribution in [0.25, 0.3) is 0 Å². The van der Waals surface area contributed by atoms with Crippen molar-refractivity contribution in [3.63, 3.8) is 0 Å². The molecule has 3 aliphatic rings. The summed E-state index contributed by atoms with van der Waals surface area (Å²) in [4.78, 5) is 33.0. The first-order chi connectivity index (χ1) is 17.8. The highest BCUT2D eigenvalue weighted by Gasteiger charge is 2.41. The zero-order valence-electron chi connectivity index (χ0n) is 21.3. The minimum atomic E-state index is -0.735. The Morgan fingerprint density at radius 3 is 2.70 bits per heavy atom. The molecule has 0 aliphatic carbocycles. The first-order valence-electron chi connectivity index (χ1n) is 12.7. The van der Waals surface area contributed by atoms with Crippen molar-refractivity contribution in [1.82, 2.24) is 19.6 Å². The van der Waals surface area contributed by atoms with E-state index in [9.17, 15) is 9.59 Å². The monoisotopic (exact) mass is 519 g/mol. The van der Waals surface area contributed by atoms with Crippen LogP contribution in [-0.2, 0) is 30.7 Å². The van der Waals surface area contributed by atoms with E-state index >= 15 is 0 Å². The van der Waals surface area contributed by atoms with Crippen LogP contribution in [0.1, 0.15) is 38.3 Å². The van der Waals surface area contributed by atoms with Gasteiger partial charge in [-0.3, -0.25) is 9.59 Å². The number of hydrogen-bond donors (Lipinski definition) is 0. The number of likely N-dealkylation sites (N-methyl/N-ethyl adjacent to an activating group) is 2. The molecule has 0 radical (unpaired) electrons. The number of fused-ring (bicyclic) bond motifs is 4. The fraction of sp³-hybridized carbons (Fsp3) is 0.393. The van der Waals surface area contributed by atoms with Gasteiger partial charge in [-0.2, -0.15) is 5.10 Å². The molecule has 9 heteroatoms. The standard InChI is InChI=1S/C28H30ClN5O3/c1-17-5-4-6-18(13-17)14-34-26(29)21-10-12-33(28(36)24(21)30-34)22-16-37-23-8-7-19-15-31(2)11-9-20(19)25(23)32(3)27(22)35/h4-8,13,22H,9-12,14-16H2,1-3H3/t22-/m0/s1. The summed E-state index contributed by atoms with van der Waals surface area (Å²) in [6, 6.07) is 11.4. The summed E-state index contributed by atoms with van der Waals surface area (Å²) in [6.45, 7) is 4.77. The van der Waals surface area contributed by atoms with Crippen molar-refractivity contribution in [3.05, 3.63) is 75.1 Å². The molecule has 4 heterocycles. The maximum atomic E-state index is 13.8. The van der Waals surface area contributed by atoms with Crippen molar-refractivity contribution in [2.45, 2.75) is 38.9 Å². The van der Waals surface area contributed by atoms with Gasteiger partial charge in [0.05, 0.1) is 12.2 Å². The molecular weight excluding hydrogens is 490 g/mol. The first-order valence-corrected chi connectivity index (χ1v) is 13.0. The fourth-order valence-electron chi connectivity index (χ4n) is 5.76. The second-order valence-electron chi connectivity index (χ2n) is 10.3. The van der Waals surface area contributed by atoms with Gasteiger partial charge in [-0.1, -0.05) is 47.5 Å². The minimum absolute atomic E-state index is 0.105. The van der Waals surface area contributed by atoms with Crippen molar-refractivity contribution < 1.29 is 14.3 Å². The van der Waals surface area contributed by atoms with Crippen molar-refractivity contribution in [3.8, 4) is 5.75 Å². The van der Waals surface area contributed by atoms with Crippen LogP contribution in [-0.4, -0.2) is 71.2 Å². The lowest BCUT2D eigenvalue weighted by Gasteiger charge is -2.33. The fourth-order valence-corrected chi connectivity index (χ4v) is 6.05.